The lowest BCUT2D eigenvalue weighted by atomic mass is 10.3. The predicted octanol–water partition coefficient (Wildman–Crippen LogP) is 3.73. The van der Waals surface area contributed by atoms with Gasteiger partial charge in [0, 0.05) is 6.20 Å². The smallest absolute Gasteiger partial charge is 0.106 e. The molecule has 0 N–H and O–H groups in total. The van der Waals surface area contributed by atoms with Crippen molar-refractivity contribution in [1.82, 2.24) is 4.98 Å². The highest BCUT2D eigenvalue weighted by Crippen LogP contribution is 2.10. The van der Waals surface area contributed by atoms with Crippen LogP contribution in [-0.2, 0) is 0 Å². The zero-order valence-electron chi connectivity index (χ0n) is 8.21. The first-order valence-corrected chi connectivity index (χ1v) is 8.65. The Labute approximate surface area is 89.0 Å². The van der Waals surface area contributed by atoms with Crippen LogP contribution in [0.1, 0.15) is 5.56 Å². The van der Waals surface area contributed by atoms with Gasteiger partial charge in [-0.25, -0.2) is 4.98 Å². The van der Waals surface area contributed by atoms with Crippen LogP contribution in [0, 0.1) is 0 Å². The van der Waals surface area contributed by atoms with Crippen molar-refractivity contribution in [2.75, 3.05) is 0 Å². The van der Waals surface area contributed by atoms with Gasteiger partial charge in [-0.2, -0.15) is 0 Å². The van der Waals surface area contributed by atoms with Crippen molar-refractivity contribution in [3.63, 3.8) is 0 Å². The molecule has 3 heteroatoms. The topological polar surface area (TPSA) is 12.9 Å². The molecular weight excluding hydrogens is 242 g/mol. The lowest BCUT2D eigenvalue weighted by Crippen LogP contribution is -2.15. The summed E-state index contributed by atoms with van der Waals surface area (Å²) in [6.07, 6.45) is 4.03. The van der Waals surface area contributed by atoms with Gasteiger partial charge < -0.3 is 0 Å². The number of rotatable bonds is 2. The fourth-order valence-electron chi connectivity index (χ4n) is 0.832. The summed E-state index contributed by atoms with van der Waals surface area (Å²) in [5.74, 6) is 0. The van der Waals surface area contributed by atoms with Gasteiger partial charge in [-0.15, -0.1) is 0 Å². The molecule has 0 bridgehead atoms. The summed E-state index contributed by atoms with van der Waals surface area (Å²) in [6.45, 7) is 6.95. The number of nitrogens with zero attached hydrogens (tertiary/aromatic N) is 1. The minimum Gasteiger partial charge on any atom is -0.249 e. The minimum atomic E-state index is -1.07. The average molecular weight is 256 g/mol. The standard InChI is InChI=1S/C10H14BrNSi/c1-13(2,3)7-6-9-4-5-10(11)12-8-9/h4-8H,1-3H3. The second-order valence-electron chi connectivity index (χ2n) is 4.11. The third-order valence-electron chi connectivity index (χ3n) is 1.53. The predicted molar refractivity (Wildman–Crippen MR) is 64.3 cm³/mol. The second-order valence-corrected chi connectivity index (χ2v) is 9.99. The Hall–Kier alpha value is -0.413. The van der Waals surface area contributed by atoms with E-state index in [2.05, 4.69) is 58.4 Å². The van der Waals surface area contributed by atoms with Crippen LogP contribution in [0.5, 0.6) is 0 Å². The fourth-order valence-corrected chi connectivity index (χ4v) is 1.76. The molecule has 0 unspecified atom stereocenters. The molecule has 0 aromatic carbocycles. The molecule has 0 saturated carbocycles. The van der Waals surface area contributed by atoms with Crippen LogP contribution in [0.25, 0.3) is 6.08 Å². The van der Waals surface area contributed by atoms with Crippen molar-refractivity contribution < 1.29 is 0 Å². The highest BCUT2D eigenvalue weighted by Gasteiger charge is 2.06. The van der Waals surface area contributed by atoms with E-state index < -0.39 is 8.07 Å². The molecule has 1 nitrogen and oxygen atoms in total. The van der Waals surface area contributed by atoms with Crippen molar-refractivity contribution in [3.8, 4) is 0 Å². The molecule has 0 radical (unpaired) electrons. The first kappa shape index (κ1) is 10.7. The molecule has 0 aliphatic rings. The molecule has 1 aromatic heterocycles. The Kier molecular flexibility index (Phi) is 3.45. The van der Waals surface area contributed by atoms with Crippen molar-refractivity contribution in [2.24, 2.45) is 0 Å². The minimum absolute atomic E-state index is 0.887. The molecule has 1 aromatic rings. The van der Waals surface area contributed by atoms with Gasteiger partial charge in [-0.1, -0.05) is 37.5 Å². The van der Waals surface area contributed by atoms with Crippen LogP contribution in [0.4, 0.5) is 0 Å². The van der Waals surface area contributed by atoms with Crippen molar-refractivity contribution in [2.45, 2.75) is 19.6 Å². The van der Waals surface area contributed by atoms with Gasteiger partial charge in [0.2, 0.25) is 0 Å². The number of aromatic nitrogens is 1. The number of hydrogen-bond donors (Lipinski definition) is 0. The van der Waals surface area contributed by atoms with Crippen LogP contribution in [0.3, 0.4) is 0 Å². The van der Waals surface area contributed by atoms with E-state index >= 15 is 0 Å². The molecule has 1 rings (SSSR count). The number of pyridine rings is 1. The summed E-state index contributed by atoms with van der Waals surface area (Å²) >= 11 is 3.31. The lowest BCUT2D eigenvalue weighted by molar-refractivity contribution is 1.27. The fraction of sp³-hybridized carbons (Fsp3) is 0.300. The first-order chi connectivity index (χ1) is 5.97. The average Bonchev–Trinajstić information content (AvgIpc) is 2.02. The van der Waals surface area contributed by atoms with Gasteiger partial charge >= 0.3 is 0 Å². The summed E-state index contributed by atoms with van der Waals surface area (Å²) in [7, 11) is -1.07. The molecule has 70 valence electrons. The Morgan fingerprint density at radius 2 is 2.00 bits per heavy atom. The number of hydrogen-bond acceptors (Lipinski definition) is 1. The van der Waals surface area contributed by atoms with Crippen LogP contribution < -0.4 is 0 Å². The highest BCUT2D eigenvalue weighted by molar-refractivity contribution is 9.10. The van der Waals surface area contributed by atoms with E-state index in [1.54, 1.807) is 0 Å². The maximum absolute atomic E-state index is 4.16. The quantitative estimate of drug-likeness (QED) is 0.580. The summed E-state index contributed by atoms with van der Waals surface area (Å²) in [5, 5.41) is 0. The van der Waals surface area contributed by atoms with Crippen molar-refractivity contribution in [1.29, 1.82) is 0 Å². The SMILES string of the molecule is C[Si](C)(C)C=Cc1ccc(Br)nc1. The summed E-state index contributed by atoms with van der Waals surface area (Å²) in [6, 6.07) is 4.03. The summed E-state index contributed by atoms with van der Waals surface area (Å²) < 4.78 is 0.887. The third kappa shape index (κ3) is 4.38. The Morgan fingerprint density at radius 1 is 1.31 bits per heavy atom. The normalized spacial score (nSPS) is 12.3. The van der Waals surface area contributed by atoms with Gasteiger partial charge in [-0.05, 0) is 27.6 Å². The van der Waals surface area contributed by atoms with E-state index in [4.69, 9.17) is 0 Å². The second kappa shape index (κ2) is 4.20. The molecule has 0 aliphatic heterocycles. The van der Waals surface area contributed by atoms with E-state index in [0.717, 1.165) is 4.60 Å². The van der Waals surface area contributed by atoms with E-state index in [1.165, 1.54) is 5.56 Å². The van der Waals surface area contributed by atoms with Gasteiger partial charge in [0.25, 0.3) is 0 Å². The highest BCUT2D eigenvalue weighted by atomic mass is 79.9. The van der Waals surface area contributed by atoms with Crippen molar-refractivity contribution >= 4 is 30.1 Å². The molecular formula is C10H14BrNSi. The lowest BCUT2D eigenvalue weighted by Gasteiger charge is -2.07. The van der Waals surface area contributed by atoms with Gasteiger partial charge in [0.05, 0.1) is 8.07 Å². The van der Waals surface area contributed by atoms with Gasteiger partial charge in [0.1, 0.15) is 4.60 Å². The summed E-state index contributed by atoms with van der Waals surface area (Å²) in [5.41, 5.74) is 3.49. The van der Waals surface area contributed by atoms with Crippen LogP contribution in [0.15, 0.2) is 28.6 Å². The zero-order chi connectivity index (χ0) is 9.90. The number of halogens is 1. The van der Waals surface area contributed by atoms with Crippen LogP contribution in [-0.4, -0.2) is 13.1 Å². The largest absolute Gasteiger partial charge is 0.249 e. The molecule has 0 spiro atoms. The maximum Gasteiger partial charge on any atom is 0.106 e. The molecule has 0 fully saturated rings. The van der Waals surface area contributed by atoms with Crippen LogP contribution >= 0.6 is 15.9 Å². The van der Waals surface area contributed by atoms with E-state index in [-0.39, 0.29) is 0 Å². The van der Waals surface area contributed by atoms with Crippen LogP contribution in [0.2, 0.25) is 19.6 Å². The van der Waals surface area contributed by atoms with Crippen molar-refractivity contribution in [3.05, 3.63) is 34.2 Å². The molecule has 0 saturated heterocycles. The van der Waals surface area contributed by atoms with E-state index in [1.807, 2.05) is 12.3 Å². The monoisotopic (exact) mass is 255 g/mol. The molecule has 1 heterocycles. The molecule has 13 heavy (non-hydrogen) atoms. The molecule has 0 amide bonds. The Balaban J connectivity index is 2.75. The molecule has 0 atom stereocenters. The zero-order valence-corrected chi connectivity index (χ0v) is 10.8. The first-order valence-electron chi connectivity index (χ1n) is 4.28. The Morgan fingerprint density at radius 3 is 2.46 bits per heavy atom. The summed E-state index contributed by atoms with van der Waals surface area (Å²) in [4.78, 5) is 4.16. The van der Waals surface area contributed by atoms with E-state index in [9.17, 15) is 0 Å². The van der Waals surface area contributed by atoms with Gasteiger partial charge in [-0.3, -0.25) is 0 Å². The third-order valence-corrected chi connectivity index (χ3v) is 3.16. The Bertz CT molecular complexity index is 298. The van der Waals surface area contributed by atoms with Gasteiger partial charge in [0.15, 0.2) is 0 Å². The molecule has 0 aliphatic carbocycles. The maximum atomic E-state index is 4.16. The van der Waals surface area contributed by atoms with E-state index in [0.29, 0.717) is 0 Å².